The molecule has 1 fully saturated rings. The van der Waals surface area contributed by atoms with Gasteiger partial charge in [0, 0.05) is 23.2 Å². The highest BCUT2D eigenvalue weighted by atomic mass is 16.6. The van der Waals surface area contributed by atoms with Crippen molar-refractivity contribution in [2.45, 2.75) is 70.6 Å². The average Bonchev–Trinajstić information content (AvgIpc) is 2.75. The van der Waals surface area contributed by atoms with Gasteiger partial charge in [0.25, 0.3) is 5.91 Å². The molecule has 7 nitrogen and oxygen atoms in total. The van der Waals surface area contributed by atoms with Crippen molar-refractivity contribution < 1.29 is 19.1 Å². The summed E-state index contributed by atoms with van der Waals surface area (Å²) in [6.07, 6.45) is 15.5. The number of carbonyl (C=O) groups is 3. The third kappa shape index (κ3) is 7.06. The summed E-state index contributed by atoms with van der Waals surface area (Å²) >= 11 is 0. The second-order valence-electron chi connectivity index (χ2n) is 8.73. The van der Waals surface area contributed by atoms with Crippen LogP contribution in [0.15, 0.2) is 24.3 Å². The molecule has 0 saturated heterocycles. The molecule has 1 aliphatic carbocycles. The van der Waals surface area contributed by atoms with E-state index < -0.39 is 36.1 Å². The van der Waals surface area contributed by atoms with Gasteiger partial charge in [0.1, 0.15) is 18.2 Å². The van der Waals surface area contributed by atoms with Gasteiger partial charge in [0.15, 0.2) is 0 Å². The Balaban J connectivity index is 2.26. The van der Waals surface area contributed by atoms with Gasteiger partial charge < -0.3 is 15.4 Å². The van der Waals surface area contributed by atoms with E-state index in [4.69, 9.17) is 17.6 Å². The predicted molar refractivity (Wildman–Crippen MR) is 122 cm³/mol. The number of benzene rings is 1. The molecule has 0 aromatic heterocycles. The minimum atomic E-state index is -1.12. The molecule has 1 aromatic rings. The average molecular weight is 438 g/mol. The zero-order valence-corrected chi connectivity index (χ0v) is 18.9. The molecule has 7 heteroatoms. The van der Waals surface area contributed by atoms with Gasteiger partial charge >= 0.3 is 6.09 Å². The van der Waals surface area contributed by atoms with Crippen molar-refractivity contribution >= 4 is 17.9 Å². The number of hydrogen-bond acceptors (Lipinski definition) is 4. The fraction of sp³-hybridized carbons (Fsp3) is 0.480. The number of nitrogens with zero attached hydrogens (tertiary/aromatic N) is 1. The molecule has 1 saturated carbocycles. The molecule has 0 spiro atoms. The minimum Gasteiger partial charge on any atom is -0.444 e. The summed E-state index contributed by atoms with van der Waals surface area (Å²) in [5.74, 6) is 1.52. The first-order chi connectivity index (χ1) is 15.2. The van der Waals surface area contributed by atoms with Crippen molar-refractivity contribution in [3.63, 3.8) is 0 Å². The van der Waals surface area contributed by atoms with E-state index in [2.05, 4.69) is 22.6 Å². The Morgan fingerprint density at radius 2 is 1.81 bits per heavy atom. The number of alkyl carbamates (subject to hydrolysis) is 1. The summed E-state index contributed by atoms with van der Waals surface area (Å²) in [5.41, 5.74) is 0.198. The lowest BCUT2D eigenvalue weighted by molar-refractivity contribution is -0.137. The van der Waals surface area contributed by atoms with E-state index in [1.54, 1.807) is 45.0 Å². The Labute approximate surface area is 190 Å². The highest BCUT2D eigenvalue weighted by Gasteiger charge is 2.33. The number of nitrogens with one attached hydrogen (secondary N) is 2. The standard InChI is InChI=1S/C25H31N3O4/c1-6-18-13-11-12-16-20(18)22(23(30)27-19-14-9-8-10-15-19)28(7-2)21(29)17-26-24(31)32-25(3,4)5/h1-2,11-13,16,19,22H,8-10,14-15,17H2,3-5H3,(H,26,31)(H,27,30). The van der Waals surface area contributed by atoms with Crippen molar-refractivity contribution in [1.29, 1.82) is 0 Å². The normalized spacial score (nSPS) is 14.9. The number of ether oxygens (including phenoxy) is 1. The van der Waals surface area contributed by atoms with Crippen LogP contribution in [-0.2, 0) is 14.3 Å². The van der Waals surface area contributed by atoms with Crippen molar-refractivity contribution in [2.24, 2.45) is 0 Å². The zero-order valence-electron chi connectivity index (χ0n) is 18.9. The van der Waals surface area contributed by atoms with Crippen LogP contribution in [0.5, 0.6) is 0 Å². The molecular weight excluding hydrogens is 406 g/mol. The van der Waals surface area contributed by atoms with Gasteiger partial charge in [0.2, 0.25) is 5.91 Å². The monoisotopic (exact) mass is 437 g/mol. The summed E-state index contributed by atoms with van der Waals surface area (Å²) < 4.78 is 5.15. The molecule has 0 aliphatic heterocycles. The van der Waals surface area contributed by atoms with Crippen LogP contribution in [0.1, 0.15) is 70.0 Å². The van der Waals surface area contributed by atoms with Crippen molar-refractivity contribution in [2.75, 3.05) is 6.54 Å². The smallest absolute Gasteiger partial charge is 0.408 e. The van der Waals surface area contributed by atoms with E-state index in [0.29, 0.717) is 11.1 Å². The van der Waals surface area contributed by atoms with Crippen LogP contribution in [0.25, 0.3) is 0 Å². The van der Waals surface area contributed by atoms with Crippen LogP contribution in [0.3, 0.4) is 0 Å². The molecule has 1 atom stereocenters. The molecule has 2 N–H and O–H groups in total. The van der Waals surface area contributed by atoms with E-state index in [1.807, 2.05) is 0 Å². The van der Waals surface area contributed by atoms with Crippen molar-refractivity contribution in [1.82, 2.24) is 15.5 Å². The third-order valence-electron chi connectivity index (χ3n) is 5.06. The Morgan fingerprint density at radius 3 is 2.41 bits per heavy atom. The predicted octanol–water partition coefficient (Wildman–Crippen LogP) is 3.10. The molecule has 0 radical (unpaired) electrons. The summed E-state index contributed by atoms with van der Waals surface area (Å²) in [5, 5.41) is 5.41. The molecule has 170 valence electrons. The Bertz CT molecular complexity index is 914. The minimum absolute atomic E-state index is 0.0198. The van der Waals surface area contributed by atoms with Crippen molar-refractivity contribution in [3.8, 4) is 24.8 Å². The van der Waals surface area contributed by atoms with Crippen LogP contribution in [0.2, 0.25) is 0 Å². The maximum Gasteiger partial charge on any atom is 0.408 e. The second-order valence-corrected chi connectivity index (χ2v) is 8.73. The molecule has 1 aliphatic rings. The van der Waals surface area contributed by atoms with E-state index in [9.17, 15) is 14.4 Å². The van der Waals surface area contributed by atoms with E-state index >= 15 is 0 Å². The molecule has 0 bridgehead atoms. The summed E-state index contributed by atoms with van der Waals surface area (Å²) in [4.78, 5) is 39.2. The molecule has 3 amide bonds. The first kappa shape index (κ1) is 24.8. The summed E-state index contributed by atoms with van der Waals surface area (Å²) in [7, 11) is 0. The number of terminal acetylenes is 2. The summed E-state index contributed by atoms with van der Waals surface area (Å²) in [6, 6.07) is 8.05. The second kappa shape index (κ2) is 11.2. The van der Waals surface area contributed by atoms with E-state index in [1.165, 1.54) is 0 Å². The van der Waals surface area contributed by atoms with Crippen LogP contribution in [0, 0.1) is 24.8 Å². The number of hydrogen-bond donors (Lipinski definition) is 2. The third-order valence-corrected chi connectivity index (χ3v) is 5.06. The topological polar surface area (TPSA) is 87.7 Å². The van der Waals surface area contributed by atoms with Crippen LogP contribution >= 0.6 is 0 Å². The van der Waals surface area contributed by atoms with Crippen LogP contribution < -0.4 is 10.6 Å². The van der Waals surface area contributed by atoms with Gasteiger partial charge in [-0.1, -0.05) is 49.8 Å². The van der Waals surface area contributed by atoms with E-state index in [0.717, 1.165) is 37.0 Å². The summed E-state index contributed by atoms with van der Waals surface area (Å²) in [6.45, 7) is 4.71. The molecular formula is C25H31N3O4. The fourth-order valence-corrected chi connectivity index (χ4v) is 3.63. The van der Waals surface area contributed by atoms with Crippen molar-refractivity contribution in [3.05, 3.63) is 35.4 Å². The lowest BCUT2D eigenvalue weighted by Gasteiger charge is -2.30. The molecule has 1 unspecified atom stereocenters. The lowest BCUT2D eigenvalue weighted by atomic mass is 9.94. The first-order valence-corrected chi connectivity index (χ1v) is 10.8. The molecule has 32 heavy (non-hydrogen) atoms. The fourth-order valence-electron chi connectivity index (χ4n) is 3.63. The maximum absolute atomic E-state index is 13.3. The first-order valence-electron chi connectivity index (χ1n) is 10.8. The maximum atomic E-state index is 13.3. The molecule has 0 heterocycles. The van der Waals surface area contributed by atoms with Gasteiger partial charge in [0.05, 0.1) is 0 Å². The van der Waals surface area contributed by atoms with Crippen LogP contribution in [-0.4, -0.2) is 41.0 Å². The number of rotatable bonds is 6. The van der Waals surface area contributed by atoms with Gasteiger partial charge in [-0.3, -0.25) is 14.5 Å². The quantitative estimate of drug-likeness (QED) is 0.529. The lowest BCUT2D eigenvalue weighted by Crippen LogP contribution is -2.48. The largest absolute Gasteiger partial charge is 0.444 e. The highest BCUT2D eigenvalue weighted by molar-refractivity contribution is 5.92. The number of amides is 3. The number of carbonyl (C=O) groups excluding carboxylic acids is 3. The Kier molecular flexibility index (Phi) is 8.72. The van der Waals surface area contributed by atoms with Gasteiger partial charge in [-0.25, -0.2) is 4.79 Å². The zero-order chi connectivity index (χ0) is 23.7. The van der Waals surface area contributed by atoms with E-state index in [-0.39, 0.29) is 6.04 Å². The highest BCUT2D eigenvalue weighted by Crippen LogP contribution is 2.26. The van der Waals surface area contributed by atoms with Gasteiger partial charge in [-0.05, 0) is 39.7 Å². The van der Waals surface area contributed by atoms with Gasteiger partial charge in [-0.15, -0.1) is 6.42 Å². The Morgan fingerprint density at radius 1 is 1.16 bits per heavy atom. The van der Waals surface area contributed by atoms with Gasteiger partial charge in [-0.2, -0.15) is 0 Å². The SMILES string of the molecule is C#Cc1ccccc1C(C(=O)NC1CCCCC1)N(C#C)C(=O)CNC(=O)OC(C)(C)C. The van der Waals surface area contributed by atoms with Crippen LogP contribution in [0.4, 0.5) is 4.79 Å². The Hall–Kier alpha value is -3.45. The molecule has 2 rings (SSSR count). The molecule has 1 aromatic carbocycles.